The Hall–Kier alpha value is -5.10. The summed E-state index contributed by atoms with van der Waals surface area (Å²) in [4.78, 5) is 43.4. The predicted molar refractivity (Wildman–Crippen MR) is 152 cm³/mol. The van der Waals surface area contributed by atoms with Gasteiger partial charge in [-0.2, -0.15) is 0 Å². The number of hydrogen-bond donors (Lipinski definition) is 4. The predicted octanol–water partition coefficient (Wildman–Crippen LogP) is 2.76. The van der Waals surface area contributed by atoms with Gasteiger partial charge in [0.05, 0.1) is 6.20 Å². The van der Waals surface area contributed by atoms with Crippen LogP contribution in [-0.4, -0.2) is 82.3 Å². The molecule has 0 spiro atoms. The van der Waals surface area contributed by atoms with Crippen LogP contribution in [0.2, 0.25) is 0 Å². The zero-order valence-electron chi connectivity index (χ0n) is 22.2. The Morgan fingerprint density at radius 1 is 1.02 bits per heavy atom. The van der Waals surface area contributed by atoms with Gasteiger partial charge in [0.2, 0.25) is 5.89 Å². The molecule has 1 amide bonds. The van der Waals surface area contributed by atoms with Crippen LogP contribution in [0.4, 0.5) is 5.69 Å². The van der Waals surface area contributed by atoms with E-state index in [9.17, 15) is 14.4 Å². The van der Waals surface area contributed by atoms with Gasteiger partial charge in [-0.15, -0.1) is 0 Å². The summed E-state index contributed by atoms with van der Waals surface area (Å²) in [5.41, 5.74) is 9.98. The molecule has 41 heavy (non-hydrogen) atoms. The average molecular weight is 562 g/mol. The van der Waals surface area contributed by atoms with Crippen molar-refractivity contribution >= 4 is 34.4 Å². The van der Waals surface area contributed by atoms with Gasteiger partial charge in [-0.05, 0) is 61.0 Å². The Bertz CT molecular complexity index is 1470. The van der Waals surface area contributed by atoms with Crippen molar-refractivity contribution in [1.29, 1.82) is 0 Å². The van der Waals surface area contributed by atoms with Crippen molar-refractivity contribution in [3.8, 4) is 17.2 Å². The normalized spacial score (nSPS) is 13.2. The van der Waals surface area contributed by atoms with Crippen LogP contribution in [0.5, 0.6) is 5.75 Å². The monoisotopic (exact) mass is 561 g/mol. The van der Waals surface area contributed by atoms with Gasteiger partial charge < -0.3 is 39.9 Å². The van der Waals surface area contributed by atoms with Gasteiger partial charge in [-0.25, -0.2) is 14.6 Å². The second kappa shape index (κ2) is 13.8. The number of carbonyl (C=O) groups is 3. The third-order valence-corrected chi connectivity index (χ3v) is 6.43. The van der Waals surface area contributed by atoms with E-state index in [1.807, 2.05) is 41.4 Å². The van der Waals surface area contributed by atoms with E-state index in [4.69, 9.17) is 25.1 Å². The zero-order chi connectivity index (χ0) is 29.2. The van der Waals surface area contributed by atoms with Gasteiger partial charge in [0.15, 0.2) is 6.61 Å². The maximum Gasteiger partial charge on any atom is 0.328 e. The molecule has 2 aromatic heterocycles. The largest absolute Gasteiger partial charge is 0.484 e. The highest BCUT2D eigenvalue weighted by Gasteiger charge is 2.22. The van der Waals surface area contributed by atoms with Gasteiger partial charge in [0, 0.05) is 66.7 Å². The highest BCUT2D eigenvalue weighted by atomic mass is 16.5. The number of aromatic amines is 1. The number of fused-ring (bicyclic) bond motifs is 1. The number of H-pyrrole nitrogens is 1. The lowest BCUT2D eigenvalue weighted by atomic mass is 10.1. The van der Waals surface area contributed by atoms with E-state index in [-0.39, 0.29) is 12.5 Å². The van der Waals surface area contributed by atoms with Crippen LogP contribution < -0.4 is 15.4 Å². The molecule has 12 nitrogen and oxygen atoms in total. The van der Waals surface area contributed by atoms with Crippen LogP contribution in [0.25, 0.3) is 22.4 Å². The third kappa shape index (κ3) is 7.96. The number of carboxylic acids is 2. The maximum atomic E-state index is 12.7. The first-order valence-electron chi connectivity index (χ1n) is 12.9. The van der Waals surface area contributed by atoms with Crippen molar-refractivity contribution in [2.75, 3.05) is 44.2 Å². The summed E-state index contributed by atoms with van der Waals surface area (Å²) in [5, 5.41) is 16.7. The number of nitrogens with one attached hydrogen (secondary N) is 1. The maximum absolute atomic E-state index is 12.7. The molecule has 1 saturated heterocycles. The molecule has 1 aliphatic heterocycles. The number of oxazole rings is 1. The van der Waals surface area contributed by atoms with Crippen molar-refractivity contribution in [2.45, 2.75) is 6.42 Å². The smallest absolute Gasteiger partial charge is 0.328 e. The first-order chi connectivity index (χ1) is 19.8. The summed E-state index contributed by atoms with van der Waals surface area (Å²) < 4.78 is 11.2. The van der Waals surface area contributed by atoms with Gasteiger partial charge in [-0.3, -0.25) is 4.79 Å². The summed E-state index contributed by atoms with van der Waals surface area (Å²) in [6.45, 7) is 3.52. The van der Waals surface area contributed by atoms with E-state index < -0.39 is 11.9 Å². The minimum atomic E-state index is -1.26. The number of aliphatic carboxylic acids is 2. The molecule has 0 unspecified atom stereocenters. The molecule has 1 aliphatic rings. The van der Waals surface area contributed by atoms with Crippen LogP contribution >= 0.6 is 0 Å². The van der Waals surface area contributed by atoms with Crippen molar-refractivity contribution in [2.24, 2.45) is 5.73 Å². The molecule has 0 radical (unpaired) electrons. The average Bonchev–Trinajstić information content (AvgIpc) is 3.66. The number of piperazine rings is 1. The number of anilines is 1. The number of amides is 1. The van der Waals surface area contributed by atoms with Crippen LogP contribution in [0.3, 0.4) is 0 Å². The quantitative estimate of drug-likeness (QED) is 0.222. The van der Waals surface area contributed by atoms with Crippen LogP contribution in [-0.2, 0) is 20.8 Å². The Morgan fingerprint density at radius 2 is 1.73 bits per heavy atom. The molecule has 0 atom stereocenters. The van der Waals surface area contributed by atoms with Crippen LogP contribution in [0, 0.1) is 0 Å². The molecule has 0 saturated carbocycles. The number of hydrogen-bond acceptors (Lipinski definition) is 8. The summed E-state index contributed by atoms with van der Waals surface area (Å²) >= 11 is 0. The number of benzene rings is 2. The lowest BCUT2D eigenvalue weighted by Crippen LogP contribution is -2.50. The Morgan fingerprint density at radius 3 is 2.34 bits per heavy atom. The van der Waals surface area contributed by atoms with E-state index >= 15 is 0 Å². The minimum absolute atomic E-state index is 0.00485. The SMILES string of the molecule is NCCc1c[nH]c2ccc(OCC(=O)N3CCN(c4ccc(-c5ncco5)cc4)CC3)cc12.O=C(O)/C=C/C(=O)O. The van der Waals surface area contributed by atoms with Crippen LogP contribution in [0.15, 0.2) is 77.7 Å². The fourth-order valence-corrected chi connectivity index (χ4v) is 4.38. The van der Waals surface area contributed by atoms with Crippen molar-refractivity contribution in [3.05, 3.63) is 78.8 Å². The molecular formula is C29H31N5O7. The highest BCUT2D eigenvalue weighted by molar-refractivity contribution is 5.89. The molecule has 1 fully saturated rings. The van der Waals surface area contributed by atoms with E-state index in [1.54, 1.807) is 12.5 Å². The number of nitrogens with zero attached hydrogens (tertiary/aromatic N) is 3. The number of nitrogens with two attached hydrogens (primary N) is 1. The fourth-order valence-electron chi connectivity index (χ4n) is 4.38. The Balaban J connectivity index is 0.000000426. The molecule has 5 N–H and O–H groups in total. The molecule has 4 aromatic rings. The lowest BCUT2D eigenvalue weighted by molar-refractivity contribution is -0.134. The highest BCUT2D eigenvalue weighted by Crippen LogP contribution is 2.25. The van der Waals surface area contributed by atoms with Gasteiger partial charge in [-0.1, -0.05) is 0 Å². The summed E-state index contributed by atoms with van der Waals surface area (Å²) in [6, 6.07) is 14.0. The van der Waals surface area contributed by atoms with E-state index in [0.29, 0.717) is 43.4 Å². The molecule has 2 aromatic carbocycles. The second-order valence-corrected chi connectivity index (χ2v) is 9.11. The number of carbonyl (C=O) groups excluding carboxylic acids is 1. The third-order valence-electron chi connectivity index (χ3n) is 6.43. The standard InChI is InChI=1S/C25H27N5O3.C4H4O4/c26-8-7-19-16-28-23-6-5-21(15-22(19)23)33-17-24(31)30-12-10-29(11-13-30)20-3-1-18(2-4-20)25-27-9-14-32-25;5-3(6)1-2-4(7)8/h1-6,9,14-16,28H,7-8,10-13,17,26H2;1-2H,(H,5,6)(H,7,8)/b;2-1+. The first-order valence-corrected chi connectivity index (χ1v) is 12.9. The number of aromatic nitrogens is 2. The first kappa shape index (κ1) is 28.9. The molecule has 0 bridgehead atoms. The molecular weight excluding hydrogens is 530 g/mol. The zero-order valence-corrected chi connectivity index (χ0v) is 22.2. The van der Waals surface area contributed by atoms with E-state index in [0.717, 1.165) is 47.2 Å². The molecule has 5 rings (SSSR count). The van der Waals surface area contributed by atoms with Gasteiger partial charge in [0.1, 0.15) is 12.0 Å². The summed E-state index contributed by atoms with van der Waals surface area (Å²) in [5.74, 6) is -1.20. The van der Waals surface area contributed by atoms with E-state index in [2.05, 4.69) is 27.0 Å². The molecule has 214 valence electrons. The summed E-state index contributed by atoms with van der Waals surface area (Å²) in [7, 11) is 0. The van der Waals surface area contributed by atoms with Crippen molar-refractivity contribution < 1.29 is 33.8 Å². The molecule has 12 heteroatoms. The van der Waals surface area contributed by atoms with E-state index in [1.165, 1.54) is 0 Å². The fraction of sp³-hybridized carbons (Fsp3) is 0.241. The summed E-state index contributed by atoms with van der Waals surface area (Å²) in [6.07, 6.45) is 7.11. The van der Waals surface area contributed by atoms with Crippen molar-refractivity contribution in [3.63, 3.8) is 0 Å². The Kier molecular flexibility index (Phi) is 9.73. The minimum Gasteiger partial charge on any atom is -0.484 e. The van der Waals surface area contributed by atoms with Gasteiger partial charge in [0.25, 0.3) is 5.91 Å². The second-order valence-electron chi connectivity index (χ2n) is 9.11. The topological polar surface area (TPSA) is 175 Å². The Labute approximate surface area is 235 Å². The molecule has 0 aliphatic carbocycles. The van der Waals surface area contributed by atoms with Gasteiger partial charge >= 0.3 is 11.9 Å². The number of ether oxygens (including phenoxy) is 1. The lowest BCUT2D eigenvalue weighted by Gasteiger charge is -2.36. The number of carboxylic acid groups (broad SMARTS) is 2. The number of rotatable bonds is 9. The van der Waals surface area contributed by atoms with Crippen LogP contribution in [0.1, 0.15) is 5.56 Å². The molecule has 3 heterocycles. The van der Waals surface area contributed by atoms with Crippen molar-refractivity contribution in [1.82, 2.24) is 14.9 Å².